The molecule has 1 unspecified atom stereocenters. The first kappa shape index (κ1) is 22.8. The van der Waals surface area contributed by atoms with Gasteiger partial charge >= 0.3 is 0 Å². The number of thiocarbonyl (C=S) groups is 1. The lowest BCUT2D eigenvalue weighted by atomic mass is 10.1. The molecule has 1 saturated heterocycles. The summed E-state index contributed by atoms with van der Waals surface area (Å²) in [5.41, 5.74) is 3.79. The van der Waals surface area contributed by atoms with Crippen LogP contribution >= 0.6 is 24.0 Å². The van der Waals surface area contributed by atoms with Crippen molar-refractivity contribution in [3.63, 3.8) is 0 Å². The molecule has 6 nitrogen and oxygen atoms in total. The summed E-state index contributed by atoms with van der Waals surface area (Å²) < 4.78 is 11.9. The lowest BCUT2D eigenvalue weighted by Crippen LogP contribution is -2.44. The van der Waals surface area contributed by atoms with Crippen molar-refractivity contribution >= 4 is 46.2 Å². The van der Waals surface area contributed by atoms with E-state index in [1.807, 2.05) is 38.1 Å². The molecule has 31 heavy (non-hydrogen) atoms. The molecule has 0 aromatic heterocycles. The van der Waals surface area contributed by atoms with Crippen molar-refractivity contribution < 1.29 is 19.1 Å². The van der Waals surface area contributed by atoms with Crippen LogP contribution in [-0.2, 0) is 4.79 Å². The number of hydrogen-bond acceptors (Lipinski definition) is 6. The minimum Gasteiger partial charge on any atom is -0.490 e. The van der Waals surface area contributed by atoms with Gasteiger partial charge in [-0.3, -0.25) is 15.0 Å². The van der Waals surface area contributed by atoms with Gasteiger partial charge in [0.2, 0.25) is 0 Å². The predicted octanol–water partition coefficient (Wildman–Crippen LogP) is 4.81. The summed E-state index contributed by atoms with van der Waals surface area (Å²) in [7, 11) is 0. The molecule has 2 amide bonds. The van der Waals surface area contributed by atoms with Crippen LogP contribution in [0.15, 0.2) is 53.4 Å². The van der Waals surface area contributed by atoms with Gasteiger partial charge in [-0.25, -0.2) is 0 Å². The summed E-state index contributed by atoms with van der Waals surface area (Å²) in [6, 6.07) is 14.2. The summed E-state index contributed by atoms with van der Waals surface area (Å²) in [6.45, 7) is 6.45. The molecule has 1 aliphatic rings. The third-order valence-corrected chi connectivity index (χ3v) is 5.81. The topological polar surface area (TPSA) is 67.9 Å². The average molecular weight is 457 g/mol. The van der Waals surface area contributed by atoms with Gasteiger partial charge in [0.25, 0.3) is 11.8 Å². The second kappa shape index (κ2) is 10.5. The Morgan fingerprint density at radius 1 is 1.19 bits per heavy atom. The number of thioether (sulfide) groups is 1. The highest BCUT2D eigenvalue weighted by molar-refractivity contribution is 8.26. The molecule has 0 saturated carbocycles. The Labute approximate surface area is 191 Å². The number of nitrogens with zero attached hydrogens (tertiary/aromatic N) is 1. The Hall–Kier alpha value is -2.84. The Morgan fingerprint density at radius 3 is 2.61 bits per heavy atom. The zero-order valence-electron chi connectivity index (χ0n) is 17.6. The fourth-order valence-electron chi connectivity index (χ4n) is 2.75. The summed E-state index contributed by atoms with van der Waals surface area (Å²) in [6.07, 6.45) is 2.67. The SMILES string of the molecule is CCOc1cc(/C=C2\SC(=S)N(NC(=O)c3ccccc3)C2=O)ccc1OC(C)CC. The number of rotatable bonds is 8. The number of hydrazine groups is 1. The van der Waals surface area contributed by atoms with Gasteiger partial charge in [0.15, 0.2) is 15.8 Å². The summed E-state index contributed by atoms with van der Waals surface area (Å²) in [4.78, 5) is 25.6. The smallest absolute Gasteiger partial charge is 0.285 e. The largest absolute Gasteiger partial charge is 0.490 e. The van der Waals surface area contributed by atoms with E-state index in [-0.39, 0.29) is 16.3 Å². The number of amides is 2. The quantitative estimate of drug-likeness (QED) is 0.454. The van der Waals surface area contributed by atoms with Gasteiger partial charge in [0, 0.05) is 5.56 Å². The molecule has 1 fully saturated rings. The maximum atomic E-state index is 12.8. The molecule has 2 aromatic carbocycles. The second-order valence-corrected chi connectivity index (χ2v) is 8.48. The number of hydrogen-bond donors (Lipinski definition) is 1. The van der Waals surface area contributed by atoms with Crippen LogP contribution in [0.1, 0.15) is 43.1 Å². The fourth-order valence-corrected chi connectivity index (χ4v) is 3.93. The minimum absolute atomic E-state index is 0.0644. The molecule has 1 atom stereocenters. The van der Waals surface area contributed by atoms with Crippen molar-refractivity contribution in [1.82, 2.24) is 10.4 Å². The van der Waals surface area contributed by atoms with E-state index < -0.39 is 5.91 Å². The molecule has 1 heterocycles. The number of nitrogens with one attached hydrogen (secondary N) is 1. The molecule has 0 radical (unpaired) electrons. The second-order valence-electron chi connectivity index (χ2n) is 6.80. The van der Waals surface area contributed by atoms with Gasteiger partial charge < -0.3 is 9.47 Å². The fraction of sp³-hybridized carbons (Fsp3) is 0.261. The van der Waals surface area contributed by atoms with E-state index in [1.54, 1.807) is 30.3 Å². The van der Waals surface area contributed by atoms with E-state index in [1.165, 1.54) is 0 Å². The van der Waals surface area contributed by atoms with Gasteiger partial charge in [0.05, 0.1) is 17.6 Å². The van der Waals surface area contributed by atoms with Crippen LogP contribution in [0.2, 0.25) is 0 Å². The highest BCUT2D eigenvalue weighted by atomic mass is 32.2. The molecule has 1 aliphatic heterocycles. The number of ether oxygens (including phenoxy) is 2. The van der Waals surface area contributed by atoms with Crippen molar-refractivity contribution in [2.75, 3.05) is 6.61 Å². The highest BCUT2D eigenvalue weighted by Crippen LogP contribution is 2.34. The Morgan fingerprint density at radius 2 is 1.94 bits per heavy atom. The van der Waals surface area contributed by atoms with E-state index in [0.29, 0.717) is 28.6 Å². The summed E-state index contributed by atoms with van der Waals surface area (Å²) >= 11 is 6.43. The van der Waals surface area contributed by atoms with E-state index in [0.717, 1.165) is 28.8 Å². The molecule has 1 N–H and O–H groups in total. The van der Waals surface area contributed by atoms with Crippen LogP contribution in [0.4, 0.5) is 0 Å². The van der Waals surface area contributed by atoms with Gasteiger partial charge in [-0.1, -0.05) is 43.0 Å². The summed E-state index contributed by atoms with van der Waals surface area (Å²) in [5.74, 6) is 0.501. The molecule has 162 valence electrons. The molecule has 0 aliphatic carbocycles. The third kappa shape index (κ3) is 5.65. The number of carbonyl (C=O) groups is 2. The van der Waals surface area contributed by atoms with Crippen LogP contribution in [-0.4, -0.2) is 33.9 Å². The Kier molecular flexibility index (Phi) is 7.70. The monoisotopic (exact) mass is 456 g/mol. The van der Waals surface area contributed by atoms with Crippen LogP contribution in [0.5, 0.6) is 11.5 Å². The Balaban J connectivity index is 1.78. The predicted molar refractivity (Wildman–Crippen MR) is 127 cm³/mol. The standard InChI is InChI=1S/C23H24N2O4S2/c1-4-15(3)29-18-12-11-16(13-19(18)28-5-2)14-20-22(27)25(23(30)31-20)24-21(26)17-9-7-6-8-10-17/h6-15H,4-5H2,1-3H3,(H,24,26)/b20-14-. The van der Waals surface area contributed by atoms with Crippen molar-refractivity contribution in [3.05, 3.63) is 64.6 Å². The molecular weight excluding hydrogens is 432 g/mol. The van der Waals surface area contributed by atoms with Crippen molar-refractivity contribution in [2.24, 2.45) is 0 Å². The third-order valence-electron chi connectivity index (χ3n) is 4.51. The normalized spacial score (nSPS) is 15.8. The first-order valence-electron chi connectivity index (χ1n) is 10.00. The Bertz CT molecular complexity index is 1010. The molecular formula is C23H24N2O4S2. The van der Waals surface area contributed by atoms with Gasteiger partial charge in [-0.15, -0.1) is 0 Å². The lowest BCUT2D eigenvalue weighted by Gasteiger charge is -2.16. The maximum absolute atomic E-state index is 12.8. The van der Waals surface area contributed by atoms with Crippen LogP contribution in [0, 0.1) is 0 Å². The van der Waals surface area contributed by atoms with Gasteiger partial charge in [0.1, 0.15) is 0 Å². The van der Waals surface area contributed by atoms with Crippen LogP contribution in [0.3, 0.4) is 0 Å². The zero-order chi connectivity index (χ0) is 22.4. The van der Waals surface area contributed by atoms with E-state index >= 15 is 0 Å². The van der Waals surface area contributed by atoms with E-state index in [9.17, 15) is 9.59 Å². The maximum Gasteiger partial charge on any atom is 0.285 e. The highest BCUT2D eigenvalue weighted by Gasteiger charge is 2.33. The molecule has 8 heteroatoms. The average Bonchev–Trinajstić information content (AvgIpc) is 3.03. The first-order valence-corrected chi connectivity index (χ1v) is 11.2. The van der Waals surface area contributed by atoms with Gasteiger partial charge in [-0.05, 0) is 68.4 Å². The van der Waals surface area contributed by atoms with E-state index in [4.69, 9.17) is 21.7 Å². The zero-order valence-corrected chi connectivity index (χ0v) is 19.2. The van der Waals surface area contributed by atoms with Crippen LogP contribution in [0.25, 0.3) is 6.08 Å². The number of benzene rings is 2. The first-order chi connectivity index (χ1) is 14.9. The van der Waals surface area contributed by atoms with Crippen molar-refractivity contribution in [3.8, 4) is 11.5 Å². The van der Waals surface area contributed by atoms with Gasteiger partial charge in [-0.2, -0.15) is 5.01 Å². The number of carbonyl (C=O) groups excluding carboxylic acids is 2. The van der Waals surface area contributed by atoms with Crippen molar-refractivity contribution in [1.29, 1.82) is 0 Å². The molecule has 2 aromatic rings. The van der Waals surface area contributed by atoms with Crippen molar-refractivity contribution in [2.45, 2.75) is 33.3 Å². The minimum atomic E-state index is -0.400. The molecule has 3 rings (SSSR count). The summed E-state index contributed by atoms with van der Waals surface area (Å²) in [5, 5.41) is 1.10. The molecule has 0 bridgehead atoms. The molecule has 0 spiro atoms. The van der Waals surface area contributed by atoms with E-state index in [2.05, 4.69) is 12.3 Å². The lowest BCUT2D eigenvalue weighted by molar-refractivity contribution is -0.123. The van der Waals surface area contributed by atoms with Crippen LogP contribution < -0.4 is 14.9 Å².